The van der Waals surface area contributed by atoms with Crippen LogP contribution >= 0.6 is 0 Å². The van der Waals surface area contributed by atoms with Crippen molar-refractivity contribution >= 4 is 22.7 Å². The Morgan fingerprint density at radius 2 is 1.62 bits per heavy atom. The number of aliphatic hydroxyl groups excluding tert-OH is 2. The third kappa shape index (κ3) is 7.63. The highest BCUT2D eigenvalue weighted by atomic mass is 28.4. The van der Waals surface area contributed by atoms with E-state index < -0.39 is 46.7 Å². The van der Waals surface area contributed by atoms with Gasteiger partial charge in [-0.1, -0.05) is 54.9 Å². The van der Waals surface area contributed by atoms with Crippen molar-refractivity contribution in [2.75, 3.05) is 6.61 Å². The zero-order chi connectivity index (χ0) is 28.4. The van der Waals surface area contributed by atoms with Gasteiger partial charge in [0.05, 0.1) is 12.4 Å². The quantitative estimate of drug-likeness (QED) is 0.270. The lowest BCUT2D eigenvalue weighted by molar-refractivity contribution is -0.0517. The van der Waals surface area contributed by atoms with Crippen molar-refractivity contribution in [2.24, 2.45) is 0 Å². The van der Waals surface area contributed by atoms with Crippen molar-refractivity contribution in [3.8, 4) is 0 Å². The SMILES string of the molecule is CCCC/C(O)=C\c1nc(=O)ccn1[C@@H]1O[C@H](CO)[C@@H](O[Si](C)(C)C(C)(C)C)[C@H]1O[Si](C)(C)C(C)(C)C. The summed E-state index contributed by atoms with van der Waals surface area (Å²) in [5.41, 5.74) is -0.404. The van der Waals surface area contributed by atoms with Gasteiger partial charge in [0, 0.05) is 24.8 Å². The first kappa shape index (κ1) is 31.9. The molecule has 0 spiro atoms. The largest absolute Gasteiger partial charge is 0.512 e. The van der Waals surface area contributed by atoms with Crippen LogP contribution in [-0.4, -0.2) is 61.3 Å². The molecule has 8 nitrogen and oxygen atoms in total. The molecule has 0 saturated carbocycles. The zero-order valence-corrected chi connectivity index (χ0v) is 26.8. The van der Waals surface area contributed by atoms with Crippen LogP contribution in [0.4, 0.5) is 0 Å². The van der Waals surface area contributed by atoms with Crippen molar-refractivity contribution in [1.29, 1.82) is 0 Å². The predicted octanol–water partition coefficient (Wildman–Crippen LogP) is 6.00. The van der Waals surface area contributed by atoms with E-state index in [1.54, 1.807) is 10.8 Å². The predicted molar refractivity (Wildman–Crippen MR) is 154 cm³/mol. The third-order valence-electron chi connectivity index (χ3n) is 8.16. The summed E-state index contributed by atoms with van der Waals surface area (Å²) in [5, 5.41) is 20.8. The molecule has 0 bridgehead atoms. The number of hydrogen-bond donors (Lipinski definition) is 2. The minimum Gasteiger partial charge on any atom is -0.512 e. The van der Waals surface area contributed by atoms with Gasteiger partial charge in [0.1, 0.15) is 24.1 Å². The van der Waals surface area contributed by atoms with Crippen molar-refractivity contribution in [3.63, 3.8) is 0 Å². The molecule has 0 radical (unpaired) electrons. The highest BCUT2D eigenvalue weighted by Gasteiger charge is 2.54. The number of rotatable bonds is 10. The smallest absolute Gasteiger partial charge is 0.273 e. The Kier molecular flexibility index (Phi) is 10.2. The standard InChI is InChI=1S/C27H50N2O6Si2/c1-12-13-14-19(31)17-21-28-22(32)15-16-29(21)25-24(35-37(10,11)27(5,6)7)23(20(18-30)33-25)34-36(8,9)26(2,3)4/h15-17,20,23-25,30-31H,12-14,18H2,1-11H3/b19-17+/t20-,23-,24-,25-/m1/s1. The van der Waals surface area contributed by atoms with E-state index >= 15 is 0 Å². The van der Waals surface area contributed by atoms with Crippen LogP contribution in [0.2, 0.25) is 36.3 Å². The molecular weight excluding hydrogens is 504 g/mol. The first-order chi connectivity index (χ1) is 16.8. The summed E-state index contributed by atoms with van der Waals surface area (Å²) in [5.74, 6) is 0.445. The molecule has 212 valence electrons. The molecule has 0 unspecified atom stereocenters. The first-order valence-corrected chi connectivity index (χ1v) is 19.3. The lowest BCUT2D eigenvalue weighted by Crippen LogP contribution is -2.54. The van der Waals surface area contributed by atoms with Gasteiger partial charge >= 0.3 is 0 Å². The maximum atomic E-state index is 12.2. The maximum absolute atomic E-state index is 12.2. The Balaban J connectivity index is 2.65. The summed E-state index contributed by atoms with van der Waals surface area (Å²) in [7, 11) is -4.58. The Hall–Kier alpha value is -1.31. The second kappa shape index (κ2) is 11.8. The lowest BCUT2D eigenvalue weighted by Gasteiger charge is -2.44. The van der Waals surface area contributed by atoms with Gasteiger partial charge < -0.3 is 28.4 Å². The number of aliphatic hydroxyl groups is 2. The van der Waals surface area contributed by atoms with Crippen molar-refractivity contribution in [2.45, 2.75) is 129 Å². The normalized spacial score (nSPS) is 24.1. The van der Waals surface area contributed by atoms with Crippen molar-refractivity contribution in [3.05, 3.63) is 34.2 Å². The number of nitrogens with zero attached hydrogens (tertiary/aromatic N) is 2. The Morgan fingerprint density at radius 3 is 2.11 bits per heavy atom. The molecule has 4 atom stereocenters. The first-order valence-electron chi connectivity index (χ1n) is 13.5. The summed E-state index contributed by atoms with van der Waals surface area (Å²) < 4.78 is 22.0. The molecule has 1 saturated heterocycles. The van der Waals surface area contributed by atoms with E-state index in [9.17, 15) is 15.0 Å². The van der Waals surface area contributed by atoms with E-state index in [2.05, 4.69) is 79.6 Å². The minimum atomic E-state index is -2.31. The second-order valence-corrected chi connectivity index (χ2v) is 22.7. The van der Waals surface area contributed by atoms with Crippen LogP contribution in [0.5, 0.6) is 0 Å². The fourth-order valence-electron chi connectivity index (χ4n) is 3.71. The van der Waals surface area contributed by atoms with Gasteiger partial charge in [0.15, 0.2) is 22.9 Å². The summed E-state index contributed by atoms with van der Waals surface area (Å²) >= 11 is 0. The average molecular weight is 555 g/mol. The van der Waals surface area contributed by atoms with Crippen LogP contribution in [-0.2, 0) is 13.6 Å². The van der Waals surface area contributed by atoms with Gasteiger partial charge in [-0.25, -0.2) is 0 Å². The summed E-state index contributed by atoms with van der Waals surface area (Å²) in [6, 6.07) is 1.38. The van der Waals surface area contributed by atoms with E-state index in [0.717, 1.165) is 12.8 Å². The molecule has 37 heavy (non-hydrogen) atoms. The van der Waals surface area contributed by atoms with Crippen LogP contribution in [0.25, 0.3) is 6.08 Å². The Bertz CT molecular complexity index is 994. The molecule has 10 heteroatoms. The molecule has 2 heterocycles. The van der Waals surface area contributed by atoms with E-state index in [0.29, 0.717) is 12.2 Å². The number of ether oxygens (including phenoxy) is 1. The molecule has 0 amide bonds. The summed E-state index contributed by atoms with van der Waals surface area (Å²) in [4.78, 5) is 16.4. The van der Waals surface area contributed by atoms with Gasteiger partial charge in [0.2, 0.25) is 0 Å². The second-order valence-electron chi connectivity index (χ2n) is 13.2. The van der Waals surface area contributed by atoms with Crippen LogP contribution in [0, 0.1) is 0 Å². The molecule has 0 aromatic carbocycles. The van der Waals surface area contributed by atoms with Crippen LogP contribution < -0.4 is 5.56 Å². The molecular formula is C27H50N2O6Si2. The van der Waals surface area contributed by atoms with Crippen LogP contribution in [0.3, 0.4) is 0 Å². The molecule has 2 N–H and O–H groups in total. The molecule has 2 rings (SSSR count). The molecule has 0 aliphatic carbocycles. The third-order valence-corrected chi connectivity index (χ3v) is 17.1. The van der Waals surface area contributed by atoms with E-state index in [1.807, 2.05) is 0 Å². The van der Waals surface area contributed by atoms with Gasteiger partial charge in [0.25, 0.3) is 5.56 Å². The average Bonchev–Trinajstić information content (AvgIpc) is 3.06. The molecule has 1 aliphatic rings. The number of hydrogen-bond acceptors (Lipinski definition) is 7. The van der Waals surface area contributed by atoms with E-state index in [-0.39, 0.29) is 22.4 Å². The number of aromatic nitrogens is 2. The lowest BCUT2D eigenvalue weighted by atomic mass is 10.1. The van der Waals surface area contributed by atoms with Gasteiger partial charge in [-0.3, -0.25) is 4.79 Å². The van der Waals surface area contributed by atoms with Crippen molar-refractivity contribution in [1.82, 2.24) is 9.55 Å². The summed E-state index contributed by atoms with van der Waals surface area (Å²) in [6.45, 7) is 23.6. The Labute approximate surface area is 225 Å². The maximum Gasteiger partial charge on any atom is 0.273 e. The van der Waals surface area contributed by atoms with Gasteiger partial charge in [-0.05, 0) is 42.7 Å². The molecule has 1 aliphatic heterocycles. The van der Waals surface area contributed by atoms with Crippen LogP contribution in [0.1, 0.15) is 79.8 Å². The minimum absolute atomic E-state index is 0.0511. The Morgan fingerprint density at radius 1 is 1.08 bits per heavy atom. The molecule has 1 fully saturated rings. The summed E-state index contributed by atoms with van der Waals surface area (Å²) in [6.07, 6.45) is 3.06. The van der Waals surface area contributed by atoms with Crippen LogP contribution in [0.15, 0.2) is 22.8 Å². The topological polar surface area (TPSA) is 103 Å². The van der Waals surface area contributed by atoms with Crippen molar-refractivity contribution < 1.29 is 23.8 Å². The highest BCUT2D eigenvalue weighted by molar-refractivity contribution is 6.74. The zero-order valence-electron chi connectivity index (χ0n) is 24.8. The molecule has 1 aromatic heterocycles. The number of allylic oxidation sites excluding steroid dienone is 1. The molecule has 1 aromatic rings. The van der Waals surface area contributed by atoms with Gasteiger partial charge in [-0.15, -0.1) is 0 Å². The fourth-order valence-corrected chi connectivity index (χ4v) is 6.31. The number of unbranched alkanes of at least 4 members (excludes halogenated alkanes) is 1. The van der Waals surface area contributed by atoms with E-state index in [1.165, 1.54) is 12.1 Å². The monoisotopic (exact) mass is 554 g/mol. The van der Waals surface area contributed by atoms with E-state index in [4.69, 9.17) is 13.6 Å². The fraction of sp³-hybridized carbons (Fsp3) is 0.778. The van der Waals surface area contributed by atoms with Gasteiger partial charge in [-0.2, -0.15) is 4.98 Å². The highest BCUT2D eigenvalue weighted by Crippen LogP contribution is 2.45.